The van der Waals surface area contributed by atoms with Crippen molar-refractivity contribution >= 4 is 45.5 Å². The fourth-order valence-electron chi connectivity index (χ4n) is 3.59. The molecule has 16 heteroatoms. The highest BCUT2D eigenvalue weighted by atomic mass is 32.2. The molecular formula is C26H18F5N8O2S-. The van der Waals surface area contributed by atoms with E-state index in [-0.39, 0.29) is 40.0 Å². The minimum absolute atomic E-state index is 0.0735. The van der Waals surface area contributed by atoms with Gasteiger partial charge >= 0.3 is 12.2 Å². The molecule has 216 valence electrons. The molecule has 4 rings (SSSR count). The van der Waals surface area contributed by atoms with E-state index in [1.807, 2.05) is 11.4 Å². The lowest BCUT2D eigenvalue weighted by Gasteiger charge is -2.14. The maximum atomic E-state index is 15.0. The van der Waals surface area contributed by atoms with Crippen molar-refractivity contribution in [3.8, 4) is 17.2 Å². The van der Waals surface area contributed by atoms with Gasteiger partial charge in [-0.15, -0.1) is 0 Å². The minimum atomic E-state index is -4.77. The Hall–Kier alpha value is -5.30. The molecule has 0 aliphatic heterocycles. The van der Waals surface area contributed by atoms with Gasteiger partial charge in [0, 0.05) is 17.4 Å². The van der Waals surface area contributed by atoms with Gasteiger partial charge in [-0.25, -0.2) is 18.6 Å². The average Bonchev–Trinajstić information content (AvgIpc) is 2.94. The predicted molar refractivity (Wildman–Crippen MR) is 144 cm³/mol. The van der Waals surface area contributed by atoms with Gasteiger partial charge in [-0.2, -0.15) is 34.0 Å². The molecule has 10 nitrogen and oxygen atoms in total. The molecule has 42 heavy (non-hydrogen) atoms. The molecule has 0 atom stereocenters. The SMILES string of the molecule is N#CCNc1nc(Nc2cccc([S-](=N)=O)c2)ncc1-c1ccc(NC(=O)Nc2cc(C(F)(F)F)ccc2F)c(F)c1. The summed E-state index contributed by atoms with van der Waals surface area (Å²) in [6, 6.07) is 12.0. The summed E-state index contributed by atoms with van der Waals surface area (Å²) in [7, 11) is -1.96. The summed E-state index contributed by atoms with van der Waals surface area (Å²) < 4.78 is 86.5. The number of carbonyl (C=O) groups excluding carboxylic acids is 1. The van der Waals surface area contributed by atoms with Gasteiger partial charge in [0.1, 0.15) is 24.0 Å². The number of hydrogen-bond acceptors (Lipinski definition) is 9. The third kappa shape index (κ3) is 7.26. The van der Waals surface area contributed by atoms with Crippen LogP contribution in [0.3, 0.4) is 0 Å². The van der Waals surface area contributed by atoms with E-state index in [0.29, 0.717) is 23.9 Å². The van der Waals surface area contributed by atoms with E-state index >= 15 is 0 Å². The zero-order valence-electron chi connectivity index (χ0n) is 21.0. The zero-order chi connectivity index (χ0) is 30.4. The first-order valence-electron chi connectivity index (χ1n) is 11.7. The Morgan fingerprint density at radius 2 is 1.76 bits per heavy atom. The second-order valence-electron chi connectivity index (χ2n) is 8.36. The number of carbonyl (C=O) groups is 1. The van der Waals surface area contributed by atoms with Crippen molar-refractivity contribution in [2.45, 2.75) is 11.1 Å². The molecule has 0 saturated carbocycles. The molecule has 0 aliphatic carbocycles. The Balaban J connectivity index is 1.55. The number of nitrogens with one attached hydrogen (secondary N) is 5. The summed E-state index contributed by atoms with van der Waals surface area (Å²) in [6.07, 6.45) is -3.43. The Morgan fingerprint density at radius 3 is 2.45 bits per heavy atom. The third-order valence-corrected chi connectivity index (χ3v) is 6.18. The number of urea groups is 1. The largest absolute Gasteiger partial charge is 0.440 e. The van der Waals surface area contributed by atoms with E-state index in [4.69, 9.17) is 10.0 Å². The van der Waals surface area contributed by atoms with Crippen LogP contribution in [-0.2, 0) is 21.0 Å². The number of anilines is 5. The first-order valence-corrected chi connectivity index (χ1v) is 12.8. The summed E-state index contributed by atoms with van der Waals surface area (Å²) in [6.45, 7) is -0.162. The van der Waals surface area contributed by atoms with E-state index in [9.17, 15) is 31.0 Å². The molecule has 1 heterocycles. The molecule has 0 bridgehead atoms. The van der Waals surface area contributed by atoms with Gasteiger partial charge < -0.3 is 30.3 Å². The standard InChI is InChI=1S/C26H18F5N8O2S/c27-19-6-5-15(26(29,30)31)11-22(19)38-25(40)37-21-7-4-14(10-20(21)28)18-13-35-24(39-23(18)34-9-8-32)36-16-2-1-3-17(12-16)42(33)41/h1-7,10-13,33H,9H2,(H2,37,38,40)(H2,34,35,36,39)/q-1. The lowest BCUT2D eigenvalue weighted by atomic mass is 10.1. The van der Waals surface area contributed by atoms with Gasteiger partial charge in [-0.3, -0.25) is 0 Å². The van der Waals surface area contributed by atoms with Gasteiger partial charge in [0.2, 0.25) is 5.95 Å². The quantitative estimate of drug-likeness (QED) is 0.0840. The van der Waals surface area contributed by atoms with Crippen LogP contribution in [0, 0.1) is 27.7 Å². The predicted octanol–water partition coefficient (Wildman–Crippen LogP) is 6.85. The van der Waals surface area contributed by atoms with Crippen LogP contribution in [0.1, 0.15) is 5.56 Å². The maximum absolute atomic E-state index is 15.0. The van der Waals surface area contributed by atoms with Crippen LogP contribution < -0.4 is 21.3 Å². The van der Waals surface area contributed by atoms with Gasteiger partial charge in [0.05, 0.1) is 23.0 Å². The molecular weight excluding hydrogens is 583 g/mol. The van der Waals surface area contributed by atoms with Crippen LogP contribution in [0.5, 0.6) is 0 Å². The van der Waals surface area contributed by atoms with Crippen molar-refractivity contribution in [3.05, 3.63) is 84.1 Å². The molecule has 0 unspecified atom stereocenters. The summed E-state index contributed by atoms with van der Waals surface area (Å²) >= 11 is 0. The van der Waals surface area contributed by atoms with Crippen molar-refractivity contribution in [2.24, 2.45) is 0 Å². The highest BCUT2D eigenvalue weighted by molar-refractivity contribution is 7.73. The van der Waals surface area contributed by atoms with Crippen molar-refractivity contribution in [1.82, 2.24) is 9.97 Å². The zero-order valence-corrected chi connectivity index (χ0v) is 21.8. The minimum Gasteiger partial charge on any atom is -0.440 e. The third-order valence-electron chi connectivity index (χ3n) is 5.50. The molecule has 0 saturated heterocycles. The molecule has 0 aliphatic rings. The van der Waals surface area contributed by atoms with Gasteiger partial charge in [-0.05, 0) is 42.0 Å². The van der Waals surface area contributed by atoms with E-state index in [1.54, 1.807) is 12.1 Å². The maximum Gasteiger partial charge on any atom is 0.416 e. The Morgan fingerprint density at radius 1 is 1.00 bits per heavy atom. The van der Waals surface area contributed by atoms with Crippen LogP contribution in [0.25, 0.3) is 11.1 Å². The molecule has 0 fully saturated rings. The topological polar surface area (TPSA) is 156 Å². The summed E-state index contributed by atoms with van der Waals surface area (Å²) in [5, 5.41) is 18.7. The van der Waals surface area contributed by atoms with Crippen LogP contribution in [-0.4, -0.2) is 22.5 Å². The lowest BCUT2D eigenvalue weighted by molar-refractivity contribution is -0.137. The molecule has 0 spiro atoms. The van der Waals surface area contributed by atoms with Crippen LogP contribution in [0.2, 0.25) is 0 Å². The molecule has 1 aromatic heterocycles. The Labute approximate surface area is 236 Å². The number of hydrogen-bond donors (Lipinski definition) is 5. The normalized spacial score (nSPS) is 11.1. The highest BCUT2D eigenvalue weighted by Gasteiger charge is 2.31. The van der Waals surface area contributed by atoms with Crippen LogP contribution in [0.15, 0.2) is 71.8 Å². The smallest absolute Gasteiger partial charge is 0.416 e. The fourth-order valence-corrected chi connectivity index (χ4v) is 4.02. The van der Waals surface area contributed by atoms with Gasteiger partial charge in [0.25, 0.3) is 0 Å². The molecule has 0 radical (unpaired) electrons. The molecule has 3 aromatic carbocycles. The number of nitrogens with zero attached hydrogens (tertiary/aromatic N) is 3. The number of benzene rings is 3. The molecule has 5 N–H and O–H groups in total. The van der Waals surface area contributed by atoms with Crippen molar-refractivity contribution in [3.63, 3.8) is 0 Å². The van der Waals surface area contributed by atoms with Crippen LogP contribution in [0.4, 0.5) is 55.6 Å². The first kappa shape index (κ1) is 29.7. The fraction of sp³-hybridized carbons (Fsp3) is 0.0769. The number of alkyl halides is 3. The summed E-state index contributed by atoms with van der Waals surface area (Å²) in [5.74, 6) is -1.85. The average molecular weight is 602 g/mol. The van der Waals surface area contributed by atoms with Crippen molar-refractivity contribution < 1.29 is 31.0 Å². The van der Waals surface area contributed by atoms with E-state index in [1.165, 1.54) is 30.5 Å². The lowest BCUT2D eigenvalue weighted by Crippen LogP contribution is -2.21. The second-order valence-corrected chi connectivity index (χ2v) is 9.36. The molecule has 2 amide bonds. The van der Waals surface area contributed by atoms with Gasteiger partial charge in [-0.1, -0.05) is 29.2 Å². The van der Waals surface area contributed by atoms with Gasteiger partial charge in [0.15, 0.2) is 0 Å². The van der Waals surface area contributed by atoms with E-state index in [0.717, 1.165) is 6.07 Å². The number of nitriles is 1. The Kier molecular flexibility index (Phi) is 8.82. The molecule has 4 aromatic rings. The second kappa shape index (κ2) is 12.5. The van der Waals surface area contributed by atoms with E-state index in [2.05, 4.69) is 25.9 Å². The first-order chi connectivity index (χ1) is 19.9. The van der Waals surface area contributed by atoms with Crippen molar-refractivity contribution in [1.29, 1.82) is 10.0 Å². The monoisotopic (exact) mass is 601 g/mol. The number of halogens is 5. The van der Waals surface area contributed by atoms with E-state index < -0.39 is 45.7 Å². The highest BCUT2D eigenvalue weighted by Crippen LogP contribution is 2.33. The van der Waals surface area contributed by atoms with Crippen LogP contribution >= 0.6 is 0 Å². The number of rotatable bonds is 8. The summed E-state index contributed by atoms with van der Waals surface area (Å²) in [4.78, 5) is 21.0. The summed E-state index contributed by atoms with van der Waals surface area (Å²) in [5.41, 5.74) is -1.34. The number of amides is 2. The van der Waals surface area contributed by atoms with Crippen molar-refractivity contribution in [2.75, 3.05) is 27.8 Å². The Bertz CT molecular complexity index is 1760. The number of aromatic nitrogens is 2.